The Morgan fingerprint density at radius 3 is 2.39 bits per heavy atom. The van der Waals surface area contributed by atoms with Gasteiger partial charge in [0.1, 0.15) is 5.75 Å². The molecule has 0 aromatic heterocycles. The number of amides is 2. The number of hydrogen-bond acceptors (Lipinski definition) is 3. The minimum atomic E-state index is -0.224. The fraction of sp³-hybridized carbons (Fsp3) is 0.222. The molecular weight excluding hydrogens is 292 g/mol. The van der Waals surface area contributed by atoms with Crippen molar-refractivity contribution in [2.75, 3.05) is 17.7 Å². The molecule has 5 heteroatoms. The van der Waals surface area contributed by atoms with E-state index in [1.165, 1.54) is 0 Å². The Hall–Kier alpha value is -2.82. The highest BCUT2D eigenvalue weighted by molar-refractivity contribution is 6.05. The molecule has 5 nitrogen and oxygen atoms in total. The molecule has 0 unspecified atom stereocenters. The van der Waals surface area contributed by atoms with Gasteiger partial charge in [0.05, 0.1) is 7.11 Å². The zero-order valence-corrected chi connectivity index (χ0v) is 12.8. The fourth-order valence-corrected chi connectivity index (χ4v) is 2.21. The van der Waals surface area contributed by atoms with Gasteiger partial charge in [-0.25, -0.2) is 0 Å². The summed E-state index contributed by atoms with van der Waals surface area (Å²) in [6.45, 7) is 0. The molecule has 0 atom stereocenters. The molecule has 2 N–H and O–H groups in total. The summed E-state index contributed by atoms with van der Waals surface area (Å²) in [6, 6.07) is 14.0. The van der Waals surface area contributed by atoms with Crippen molar-refractivity contribution in [2.45, 2.75) is 12.8 Å². The molecule has 118 valence electrons. The number of anilines is 2. The third-order valence-corrected chi connectivity index (χ3v) is 3.69. The van der Waals surface area contributed by atoms with E-state index in [0.717, 1.165) is 18.6 Å². The Labute approximate surface area is 134 Å². The van der Waals surface area contributed by atoms with Crippen molar-refractivity contribution < 1.29 is 14.3 Å². The van der Waals surface area contributed by atoms with Crippen molar-refractivity contribution in [3.63, 3.8) is 0 Å². The van der Waals surface area contributed by atoms with Gasteiger partial charge in [-0.2, -0.15) is 0 Å². The summed E-state index contributed by atoms with van der Waals surface area (Å²) in [4.78, 5) is 24.1. The molecule has 23 heavy (non-hydrogen) atoms. The largest absolute Gasteiger partial charge is 0.497 e. The van der Waals surface area contributed by atoms with Crippen molar-refractivity contribution in [1.82, 2.24) is 0 Å². The zero-order valence-electron chi connectivity index (χ0n) is 12.8. The van der Waals surface area contributed by atoms with Crippen LogP contribution in [0, 0.1) is 5.92 Å². The Morgan fingerprint density at radius 1 is 1.00 bits per heavy atom. The average molecular weight is 310 g/mol. The molecule has 1 aliphatic carbocycles. The minimum Gasteiger partial charge on any atom is -0.497 e. The van der Waals surface area contributed by atoms with E-state index in [9.17, 15) is 9.59 Å². The molecule has 0 radical (unpaired) electrons. The molecule has 0 bridgehead atoms. The molecule has 3 rings (SSSR count). The maximum Gasteiger partial charge on any atom is 0.255 e. The van der Waals surface area contributed by atoms with Crippen molar-refractivity contribution in [3.05, 3.63) is 54.1 Å². The molecule has 0 aliphatic heterocycles. The van der Waals surface area contributed by atoms with Crippen LogP contribution in [-0.2, 0) is 4.79 Å². The zero-order chi connectivity index (χ0) is 16.2. The summed E-state index contributed by atoms with van der Waals surface area (Å²) < 4.78 is 5.08. The maximum atomic E-state index is 12.3. The van der Waals surface area contributed by atoms with Crippen LogP contribution in [0.15, 0.2) is 48.5 Å². The number of methoxy groups -OCH3 is 1. The third kappa shape index (κ3) is 3.88. The van der Waals surface area contributed by atoms with Crippen LogP contribution in [0.5, 0.6) is 5.75 Å². The predicted molar refractivity (Wildman–Crippen MR) is 88.7 cm³/mol. The molecule has 0 saturated heterocycles. The van der Waals surface area contributed by atoms with Crippen LogP contribution in [0.2, 0.25) is 0 Å². The van der Waals surface area contributed by atoms with E-state index in [2.05, 4.69) is 10.6 Å². The normalized spacial score (nSPS) is 13.3. The molecular formula is C18H18N2O3. The van der Waals surface area contributed by atoms with Crippen LogP contribution in [-0.4, -0.2) is 18.9 Å². The Morgan fingerprint density at radius 2 is 1.74 bits per heavy atom. The van der Waals surface area contributed by atoms with Crippen molar-refractivity contribution in [2.24, 2.45) is 5.92 Å². The van der Waals surface area contributed by atoms with Gasteiger partial charge in [-0.1, -0.05) is 6.07 Å². The van der Waals surface area contributed by atoms with Crippen molar-refractivity contribution >= 4 is 23.2 Å². The number of ether oxygens (including phenoxy) is 1. The highest BCUT2D eigenvalue weighted by Gasteiger charge is 2.29. The second kappa shape index (κ2) is 6.52. The number of hydrogen-bond donors (Lipinski definition) is 2. The standard InChI is InChI=1S/C18H18N2O3/c1-23-16-9-7-14(8-10-16)19-18(22)13-3-2-4-15(11-13)20-17(21)12-5-6-12/h2-4,7-12H,5-6H2,1H3,(H,19,22)(H,20,21). The first-order valence-corrected chi connectivity index (χ1v) is 7.52. The SMILES string of the molecule is COc1ccc(NC(=O)c2cccc(NC(=O)C3CC3)c2)cc1. The first-order chi connectivity index (χ1) is 11.2. The van der Waals surface area contributed by atoms with Crippen LogP contribution < -0.4 is 15.4 Å². The van der Waals surface area contributed by atoms with Gasteiger partial charge < -0.3 is 15.4 Å². The number of rotatable bonds is 5. The van der Waals surface area contributed by atoms with Gasteiger partial charge in [0.2, 0.25) is 5.91 Å². The molecule has 1 saturated carbocycles. The van der Waals surface area contributed by atoms with Crippen LogP contribution in [0.4, 0.5) is 11.4 Å². The number of carbonyl (C=O) groups is 2. The van der Waals surface area contributed by atoms with Gasteiger partial charge in [-0.15, -0.1) is 0 Å². The molecule has 1 aliphatic rings. The summed E-state index contributed by atoms with van der Waals surface area (Å²) in [5, 5.41) is 5.66. The molecule has 2 aromatic rings. The summed E-state index contributed by atoms with van der Waals surface area (Å²) in [6.07, 6.45) is 1.90. The number of benzene rings is 2. The molecule has 2 aromatic carbocycles. The van der Waals surface area contributed by atoms with E-state index >= 15 is 0 Å². The lowest BCUT2D eigenvalue weighted by molar-refractivity contribution is -0.117. The van der Waals surface area contributed by atoms with E-state index in [0.29, 0.717) is 16.9 Å². The lowest BCUT2D eigenvalue weighted by atomic mass is 10.1. The molecule has 2 amide bonds. The van der Waals surface area contributed by atoms with Gasteiger partial charge in [-0.3, -0.25) is 9.59 Å². The quantitative estimate of drug-likeness (QED) is 0.890. The summed E-state index contributed by atoms with van der Waals surface area (Å²) >= 11 is 0. The lowest BCUT2D eigenvalue weighted by Crippen LogP contribution is -2.15. The van der Waals surface area contributed by atoms with Crippen LogP contribution >= 0.6 is 0 Å². The smallest absolute Gasteiger partial charge is 0.255 e. The van der Waals surface area contributed by atoms with E-state index in [1.807, 2.05) is 0 Å². The maximum absolute atomic E-state index is 12.3. The van der Waals surface area contributed by atoms with Gasteiger partial charge in [-0.05, 0) is 55.3 Å². The van der Waals surface area contributed by atoms with Crippen molar-refractivity contribution in [3.8, 4) is 5.75 Å². The summed E-state index contributed by atoms with van der Waals surface area (Å²) in [7, 11) is 1.59. The Kier molecular flexibility index (Phi) is 4.28. The Balaban J connectivity index is 1.67. The third-order valence-electron chi connectivity index (χ3n) is 3.69. The summed E-state index contributed by atoms with van der Waals surface area (Å²) in [5.74, 6) is 0.662. The number of nitrogens with one attached hydrogen (secondary N) is 2. The van der Waals surface area contributed by atoms with Gasteiger partial charge >= 0.3 is 0 Å². The highest BCUT2D eigenvalue weighted by atomic mass is 16.5. The second-order valence-corrected chi connectivity index (χ2v) is 5.53. The highest BCUT2D eigenvalue weighted by Crippen LogP contribution is 2.30. The van der Waals surface area contributed by atoms with Crippen LogP contribution in [0.25, 0.3) is 0 Å². The van der Waals surface area contributed by atoms with Crippen LogP contribution in [0.3, 0.4) is 0 Å². The van der Waals surface area contributed by atoms with E-state index < -0.39 is 0 Å². The average Bonchev–Trinajstić information content (AvgIpc) is 3.41. The second-order valence-electron chi connectivity index (χ2n) is 5.53. The number of carbonyl (C=O) groups excluding carboxylic acids is 2. The van der Waals surface area contributed by atoms with Gasteiger partial charge in [0.25, 0.3) is 5.91 Å². The topological polar surface area (TPSA) is 67.4 Å². The molecule has 0 heterocycles. The summed E-state index contributed by atoms with van der Waals surface area (Å²) in [5.41, 5.74) is 1.82. The molecule has 0 spiro atoms. The van der Waals surface area contributed by atoms with Crippen LogP contribution in [0.1, 0.15) is 23.2 Å². The molecule has 1 fully saturated rings. The first-order valence-electron chi connectivity index (χ1n) is 7.52. The van der Waals surface area contributed by atoms with E-state index in [-0.39, 0.29) is 17.7 Å². The predicted octanol–water partition coefficient (Wildman–Crippen LogP) is 3.30. The van der Waals surface area contributed by atoms with Crippen molar-refractivity contribution in [1.29, 1.82) is 0 Å². The monoisotopic (exact) mass is 310 g/mol. The first kappa shape index (κ1) is 15.1. The lowest BCUT2D eigenvalue weighted by Gasteiger charge is -2.08. The van der Waals surface area contributed by atoms with Gasteiger partial charge in [0, 0.05) is 22.9 Å². The van der Waals surface area contributed by atoms with Gasteiger partial charge in [0.15, 0.2) is 0 Å². The van der Waals surface area contributed by atoms with E-state index in [1.54, 1.807) is 55.6 Å². The van der Waals surface area contributed by atoms with E-state index in [4.69, 9.17) is 4.74 Å². The fourth-order valence-electron chi connectivity index (χ4n) is 2.21. The minimum absolute atomic E-state index is 0.0257. The Bertz CT molecular complexity index is 721.